The SMILES string of the molecule is CCCc1ccc(CCC2CCCOC2)cc1. The third kappa shape index (κ3) is 4.16. The van der Waals surface area contributed by atoms with Gasteiger partial charge < -0.3 is 4.74 Å². The molecule has 1 aromatic rings. The van der Waals surface area contributed by atoms with Crippen LogP contribution in [0.3, 0.4) is 0 Å². The summed E-state index contributed by atoms with van der Waals surface area (Å²) in [6, 6.07) is 9.18. The Kier molecular flexibility index (Phi) is 5.06. The van der Waals surface area contributed by atoms with E-state index in [1.54, 1.807) is 0 Å². The molecule has 1 nitrogen and oxygen atoms in total. The lowest BCUT2D eigenvalue weighted by Gasteiger charge is -2.21. The molecule has 1 heterocycles. The van der Waals surface area contributed by atoms with E-state index in [-0.39, 0.29) is 0 Å². The fourth-order valence-corrected chi connectivity index (χ4v) is 2.57. The first-order valence-corrected chi connectivity index (χ1v) is 7.04. The molecular weight excluding hydrogens is 208 g/mol. The lowest BCUT2D eigenvalue weighted by Crippen LogP contribution is -2.17. The van der Waals surface area contributed by atoms with Crippen LogP contribution in [0.4, 0.5) is 0 Å². The third-order valence-electron chi connectivity index (χ3n) is 3.66. The van der Waals surface area contributed by atoms with Crippen LogP contribution in [-0.2, 0) is 17.6 Å². The van der Waals surface area contributed by atoms with E-state index >= 15 is 0 Å². The molecule has 0 amide bonds. The van der Waals surface area contributed by atoms with Gasteiger partial charge in [0.2, 0.25) is 0 Å². The van der Waals surface area contributed by atoms with Crippen molar-refractivity contribution in [1.29, 1.82) is 0 Å². The van der Waals surface area contributed by atoms with Crippen LogP contribution in [0.2, 0.25) is 0 Å². The molecule has 1 unspecified atom stereocenters. The number of ether oxygens (including phenoxy) is 1. The van der Waals surface area contributed by atoms with Gasteiger partial charge in [0.15, 0.2) is 0 Å². The number of rotatable bonds is 5. The Bertz CT molecular complexity index is 309. The van der Waals surface area contributed by atoms with Crippen molar-refractivity contribution in [3.05, 3.63) is 35.4 Å². The van der Waals surface area contributed by atoms with Gasteiger partial charge in [0.1, 0.15) is 0 Å². The van der Waals surface area contributed by atoms with E-state index in [9.17, 15) is 0 Å². The minimum atomic E-state index is 0.791. The number of hydrogen-bond donors (Lipinski definition) is 0. The van der Waals surface area contributed by atoms with Crippen molar-refractivity contribution in [1.82, 2.24) is 0 Å². The van der Waals surface area contributed by atoms with Gasteiger partial charge in [-0.25, -0.2) is 0 Å². The van der Waals surface area contributed by atoms with Gasteiger partial charge >= 0.3 is 0 Å². The van der Waals surface area contributed by atoms with Crippen molar-refractivity contribution in [3.8, 4) is 0 Å². The third-order valence-corrected chi connectivity index (χ3v) is 3.66. The highest BCUT2D eigenvalue weighted by atomic mass is 16.5. The van der Waals surface area contributed by atoms with Crippen LogP contribution in [0, 0.1) is 5.92 Å². The average Bonchev–Trinajstić information content (AvgIpc) is 2.40. The van der Waals surface area contributed by atoms with Crippen molar-refractivity contribution >= 4 is 0 Å². The zero-order valence-electron chi connectivity index (χ0n) is 11.0. The predicted octanol–water partition coefficient (Wildman–Crippen LogP) is 4.00. The van der Waals surface area contributed by atoms with Crippen molar-refractivity contribution in [2.75, 3.05) is 13.2 Å². The Morgan fingerprint density at radius 1 is 1.12 bits per heavy atom. The van der Waals surface area contributed by atoms with E-state index in [4.69, 9.17) is 4.74 Å². The van der Waals surface area contributed by atoms with Crippen molar-refractivity contribution in [2.45, 2.75) is 45.4 Å². The topological polar surface area (TPSA) is 9.23 Å². The fraction of sp³-hybridized carbons (Fsp3) is 0.625. The summed E-state index contributed by atoms with van der Waals surface area (Å²) in [6.07, 6.45) is 7.54. The Morgan fingerprint density at radius 2 is 1.82 bits per heavy atom. The van der Waals surface area contributed by atoms with Gasteiger partial charge in [-0.2, -0.15) is 0 Å². The van der Waals surface area contributed by atoms with Crippen molar-refractivity contribution in [2.24, 2.45) is 5.92 Å². The summed E-state index contributed by atoms with van der Waals surface area (Å²) < 4.78 is 5.52. The van der Waals surface area contributed by atoms with Gasteiger partial charge in [0.05, 0.1) is 0 Å². The van der Waals surface area contributed by atoms with E-state index in [1.165, 1.54) is 49.7 Å². The minimum absolute atomic E-state index is 0.791. The smallest absolute Gasteiger partial charge is 0.0494 e. The van der Waals surface area contributed by atoms with Crippen LogP contribution in [0.1, 0.15) is 43.7 Å². The van der Waals surface area contributed by atoms with Gasteiger partial charge in [-0.15, -0.1) is 0 Å². The monoisotopic (exact) mass is 232 g/mol. The summed E-state index contributed by atoms with van der Waals surface area (Å²) in [5.74, 6) is 0.791. The molecule has 1 aliphatic heterocycles. The largest absolute Gasteiger partial charge is 0.381 e. The van der Waals surface area contributed by atoms with Gasteiger partial charge in [-0.3, -0.25) is 0 Å². The fourth-order valence-electron chi connectivity index (χ4n) is 2.57. The average molecular weight is 232 g/mol. The van der Waals surface area contributed by atoms with Crippen molar-refractivity contribution < 1.29 is 4.74 Å². The molecule has 0 N–H and O–H groups in total. The van der Waals surface area contributed by atoms with E-state index in [1.807, 2.05) is 0 Å². The summed E-state index contributed by atoms with van der Waals surface area (Å²) in [4.78, 5) is 0. The highest BCUT2D eigenvalue weighted by molar-refractivity contribution is 5.22. The molecule has 0 spiro atoms. The first kappa shape index (κ1) is 12.6. The molecular formula is C16H24O. The second-order valence-corrected chi connectivity index (χ2v) is 5.19. The van der Waals surface area contributed by atoms with E-state index < -0.39 is 0 Å². The summed E-state index contributed by atoms with van der Waals surface area (Å²) in [5, 5.41) is 0. The molecule has 1 heteroatoms. The second kappa shape index (κ2) is 6.80. The molecule has 94 valence electrons. The molecule has 1 aliphatic rings. The van der Waals surface area contributed by atoms with Crippen molar-refractivity contribution in [3.63, 3.8) is 0 Å². The lowest BCUT2D eigenvalue weighted by atomic mass is 9.94. The number of hydrogen-bond acceptors (Lipinski definition) is 1. The summed E-state index contributed by atoms with van der Waals surface area (Å²) >= 11 is 0. The number of aryl methyl sites for hydroxylation is 2. The molecule has 1 saturated heterocycles. The van der Waals surface area contributed by atoms with Crippen LogP contribution in [0.15, 0.2) is 24.3 Å². The highest BCUT2D eigenvalue weighted by Gasteiger charge is 2.13. The zero-order valence-corrected chi connectivity index (χ0v) is 11.0. The first-order chi connectivity index (χ1) is 8.38. The Labute approximate surface area is 105 Å². The number of benzene rings is 1. The normalized spacial score (nSPS) is 20.4. The van der Waals surface area contributed by atoms with Gasteiger partial charge in [0.25, 0.3) is 0 Å². The molecule has 0 radical (unpaired) electrons. The van der Waals surface area contributed by atoms with E-state index in [0.29, 0.717) is 0 Å². The maximum Gasteiger partial charge on any atom is 0.0494 e. The Balaban J connectivity index is 1.77. The standard InChI is InChI=1S/C16H24O/c1-2-4-14-6-8-15(9-7-14)10-11-16-5-3-12-17-13-16/h6-9,16H,2-5,10-13H2,1H3. The Morgan fingerprint density at radius 3 is 2.41 bits per heavy atom. The molecule has 1 fully saturated rings. The quantitative estimate of drug-likeness (QED) is 0.745. The molecule has 0 aliphatic carbocycles. The maximum absolute atomic E-state index is 5.52. The first-order valence-electron chi connectivity index (χ1n) is 7.04. The highest BCUT2D eigenvalue weighted by Crippen LogP contribution is 2.19. The predicted molar refractivity (Wildman–Crippen MR) is 72.3 cm³/mol. The zero-order chi connectivity index (χ0) is 11.9. The lowest BCUT2D eigenvalue weighted by molar-refractivity contribution is 0.0518. The van der Waals surface area contributed by atoms with Gasteiger partial charge in [-0.1, -0.05) is 37.6 Å². The van der Waals surface area contributed by atoms with Crippen LogP contribution in [0.25, 0.3) is 0 Å². The van der Waals surface area contributed by atoms with Crippen LogP contribution in [-0.4, -0.2) is 13.2 Å². The van der Waals surface area contributed by atoms with Gasteiger partial charge in [-0.05, 0) is 49.1 Å². The van der Waals surface area contributed by atoms with Gasteiger partial charge in [0, 0.05) is 13.2 Å². The van der Waals surface area contributed by atoms with E-state index in [2.05, 4.69) is 31.2 Å². The van der Waals surface area contributed by atoms with Crippen LogP contribution >= 0.6 is 0 Å². The molecule has 1 aromatic carbocycles. The maximum atomic E-state index is 5.52. The molecule has 1 atom stereocenters. The second-order valence-electron chi connectivity index (χ2n) is 5.19. The van der Waals surface area contributed by atoms with Crippen LogP contribution in [0.5, 0.6) is 0 Å². The molecule has 0 aromatic heterocycles. The van der Waals surface area contributed by atoms with Crippen LogP contribution < -0.4 is 0 Å². The molecule has 17 heavy (non-hydrogen) atoms. The minimum Gasteiger partial charge on any atom is -0.381 e. The molecule has 2 rings (SSSR count). The van der Waals surface area contributed by atoms with E-state index in [0.717, 1.165) is 19.1 Å². The summed E-state index contributed by atoms with van der Waals surface area (Å²) in [5.41, 5.74) is 2.95. The summed E-state index contributed by atoms with van der Waals surface area (Å²) in [6.45, 7) is 4.19. The summed E-state index contributed by atoms with van der Waals surface area (Å²) in [7, 11) is 0. The Hall–Kier alpha value is -0.820. The molecule has 0 bridgehead atoms. The molecule has 0 saturated carbocycles.